The number of aromatic nitrogens is 2. The number of nitrogens with one attached hydrogen (secondary N) is 1. The molecule has 2 heterocycles. The molecule has 1 amide bonds. The SMILES string of the molecule is Cc1cccc(NC(=O)c2ccc(C=CC(=O)O)cn2)n1. The smallest absolute Gasteiger partial charge is 0.328 e. The van der Waals surface area contributed by atoms with Crippen molar-refractivity contribution in [3.63, 3.8) is 0 Å². The number of hydrogen-bond acceptors (Lipinski definition) is 4. The lowest BCUT2D eigenvalue weighted by molar-refractivity contribution is -0.131. The average Bonchev–Trinajstić information content (AvgIpc) is 2.45. The molecule has 0 fully saturated rings. The Morgan fingerprint density at radius 1 is 1.24 bits per heavy atom. The lowest BCUT2D eigenvalue weighted by Gasteiger charge is -2.04. The molecule has 0 aliphatic heterocycles. The number of nitrogens with zero attached hydrogens (tertiary/aromatic N) is 2. The molecule has 21 heavy (non-hydrogen) atoms. The van der Waals surface area contributed by atoms with E-state index in [4.69, 9.17) is 5.11 Å². The van der Waals surface area contributed by atoms with Gasteiger partial charge in [-0.2, -0.15) is 0 Å². The number of rotatable bonds is 4. The fraction of sp³-hybridized carbons (Fsp3) is 0.0667. The maximum absolute atomic E-state index is 12.0. The minimum Gasteiger partial charge on any atom is -0.478 e. The van der Waals surface area contributed by atoms with Crippen molar-refractivity contribution in [2.24, 2.45) is 0 Å². The molecule has 0 bridgehead atoms. The second-order valence-electron chi connectivity index (χ2n) is 4.27. The summed E-state index contributed by atoms with van der Waals surface area (Å²) in [6.45, 7) is 1.83. The van der Waals surface area contributed by atoms with Gasteiger partial charge in [-0.15, -0.1) is 0 Å². The minimum atomic E-state index is -1.04. The Labute approximate surface area is 121 Å². The molecule has 2 rings (SSSR count). The number of aryl methyl sites for hydroxylation is 1. The molecule has 2 aromatic heterocycles. The summed E-state index contributed by atoms with van der Waals surface area (Å²) in [6, 6.07) is 8.45. The standard InChI is InChI=1S/C15H13N3O3/c1-10-3-2-4-13(17-10)18-15(21)12-7-5-11(9-16-12)6-8-14(19)20/h2-9H,1H3,(H,19,20)(H,17,18,21). The number of pyridine rings is 2. The first-order chi connectivity index (χ1) is 10.0. The van der Waals surface area contributed by atoms with Crippen molar-refractivity contribution in [2.75, 3.05) is 5.32 Å². The number of carboxylic acid groups (broad SMARTS) is 1. The lowest BCUT2D eigenvalue weighted by Crippen LogP contribution is -2.14. The van der Waals surface area contributed by atoms with Gasteiger partial charge in [0.15, 0.2) is 0 Å². The van der Waals surface area contributed by atoms with Crippen molar-refractivity contribution in [3.8, 4) is 0 Å². The minimum absolute atomic E-state index is 0.228. The molecular formula is C15H13N3O3. The molecule has 0 aromatic carbocycles. The third-order valence-corrected chi connectivity index (χ3v) is 2.57. The lowest BCUT2D eigenvalue weighted by atomic mass is 10.2. The third kappa shape index (κ3) is 4.24. The van der Waals surface area contributed by atoms with Crippen LogP contribution in [0.5, 0.6) is 0 Å². The molecule has 2 N–H and O–H groups in total. The predicted octanol–water partition coefficient (Wildman–Crippen LogP) is 2.14. The third-order valence-electron chi connectivity index (χ3n) is 2.57. The van der Waals surface area contributed by atoms with E-state index in [0.29, 0.717) is 11.4 Å². The van der Waals surface area contributed by atoms with Crippen LogP contribution in [0.25, 0.3) is 6.08 Å². The molecule has 106 valence electrons. The van der Waals surface area contributed by atoms with Crippen LogP contribution in [0.4, 0.5) is 5.82 Å². The maximum atomic E-state index is 12.0. The molecule has 0 aliphatic carbocycles. The highest BCUT2D eigenvalue weighted by Crippen LogP contribution is 2.07. The Bertz CT molecular complexity index is 694. The van der Waals surface area contributed by atoms with Gasteiger partial charge >= 0.3 is 5.97 Å². The summed E-state index contributed by atoms with van der Waals surface area (Å²) in [7, 11) is 0. The summed E-state index contributed by atoms with van der Waals surface area (Å²) in [4.78, 5) is 30.5. The van der Waals surface area contributed by atoms with Crippen molar-refractivity contribution >= 4 is 23.8 Å². The van der Waals surface area contributed by atoms with Crippen LogP contribution in [0.2, 0.25) is 0 Å². The van der Waals surface area contributed by atoms with Crippen molar-refractivity contribution in [2.45, 2.75) is 6.92 Å². The van der Waals surface area contributed by atoms with Crippen molar-refractivity contribution < 1.29 is 14.7 Å². The van der Waals surface area contributed by atoms with Crippen LogP contribution in [-0.2, 0) is 4.79 Å². The zero-order valence-electron chi connectivity index (χ0n) is 11.3. The number of aliphatic carboxylic acids is 1. The number of anilines is 1. The van der Waals surface area contributed by atoms with Gasteiger partial charge in [-0.1, -0.05) is 12.1 Å². The Kier molecular flexibility index (Phi) is 4.40. The fourth-order valence-electron chi connectivity index (χ4n) is 1.60. The highest BCUT2D eigenvalue weighted by atomic mass is 16.4. The average molecular weight is 283 g/mol. The number of hydrogen-bond donors (Lipinski definition) is 2. The Morgan fingerprint density at radius 3 is 2.67 bits per heavy atom. The fourth-order valence-corrected chi connectivity index (χ4v) is 1.60. The first-order valence-corrected chi connectivity index (χ1v) is 6.16. The summed E-state index contributed by atoms with van der Waals surface area (Å²) in [5, 5.41) is 11.2. The van der Waals surface area contributed by atoms with Crippen LogP contribution in [0, 0.1) is 6.92 Å². The van der Waals surface area contributed by atoms with E-state index in [1.54, 1.807) is 18.2 Å². The molecule has 6 heteroatoms. The topological polar surface area (TPSA) is 92.2 Å². The monoisotopic (exact) mass is 283 g/mol. The first kappa shape index (κ1) is 14.4. The molecule has 0 saturated carbocycles. The van der Waals surface area contributed by atoms with Gasteiger partial charge in [-0.25, -0.2) is 9.78 Å². The Hall–Kier alpha value is -3.02. The van der Waals surface area contributed by atoms with E-state index in [1.165, 1.54) is 18.3 Å². The molecule has 0 atom stereocenters. The molecule has 0 aliphatic rings. The zero-order chi connectivity index (χ0) is 15.2. The summed E-state index contributed by atoms with van der Waals surface area (Å²) in [5.41, 5.74) is 1.63. The van der Waals surface area contributed by atoms with E-state index < -0.39 is 5.97 Å². The Morgan fingerprint density at radius 2 is 2.05 bits per heavy atom. The number of amides is 1. The quantitative estimate of drug-likeness (QED) is 0.839. The van der Waals surface area contributed by atoms with E-state index in [9.17, 15) is 9.59 Å². The summed E-state index contributed by atoms with van der Waals surface area (Å²) in [6.07, 6.45) is 3.84. The van der Waals surface area contributed by atoms with Gasteiger partial charge in [0.2, 0.25) is 0 Å². The van der Waals surface area contributed by atoms with Crippen LogP contribution in [0.1, 0.15) is 21.7 Å². The highest BCUT2D eigenvalue weighted by molar-refractivity contribution is 6.02. The summed E-state index contributed by atoms with van der Waals surface area (Å²) < 4.78 is 0. The van der Waals surface area contributed by atoms with E-state index in [2.05, 4.69) is 15.3 Å². The van der Waals surface area contributed by atoms with Gasteiger partial charge in [0.05, 0.1) is 0 Å². The van der Waals surface area contributed by atoms with E-state index >= 15 is 0 Å². The molecule has 0 radical (unpaired) electrons. The predicted molar refractivity (Wildman–Crippen MR) is 77.8 cm³/mol. The normalized spacial score (nSPS) is 10.5. The number of carbonyl (C=O) groups is 2. The Balaban J connectivity index is 2.08. The van der Waals surface area contributed by atoms with Crippen LogP contribution in [0.3, 0.4) is 0 Å². The van der Waals surface area contributed by atoms with Gasteiger partial charge < -0.3 is 10.4 Å². The maximum Gasteiger partial charge on any atom is 0.328 e. The van der Waals surface area contributed by atoms with E-state index in [0.717, 1.165) is 11.8 Å². The van der Waals surface area contributed by atoms with Crippen molar-refractivity contribution in [3.05, 3.63) is 59.6 Å². The molecular weight excluding hydrogens is 270 g/mol. The summed E-state index contributed by atoms with van der Waals surface area (Å²) >= 11 is 0. The summed E-state index contributed by atoms with van der Waals surface area (Å²) in [5.74, 6) is -0.958. The number of carbonyl (C=O) groups excluding carboxylic acids is 1. The van der Waals surface area contributed by atoms with Gasteiger partial charge in [0, 0.05) is 18.0 Å². The van der Waals surface area contributed by atoms with Crippen LogP contribution < -0.4 is 5.32 Å². The largest absolute Gasteiger partial charge is 0.478 e. The van der Waals surface area contributed by atoms with Gasteiger partial charge in [0.25, 0.3) is 5.91 Å². The molecule has 6 nitrogen and oxygen atoms in total. The first-order valence-electron chi connectivity index (χ1n) is 6.16. The second kappa shape index (κ2) is 6.42. The van der Waals surface area contributed by atoms with Gasteiger partial charge in [-0.3, -0.25) is 9.78 Å². The van der Waals surface area contributed by atoms with Crippen molar-refractivity contribution in [1.82, 2.24) is 9.97 Å². The molecule has 0 saturated heterocycles. The highest BCUT2D eigenvalue weighted by Gasteiger charge is 2.08. The van der Waals surface area contributed by atoms with Crippen LogP contribution in [0.15, 0.2) is 42.6 Å². The van der Waals surface area contributed by atoms with Gasteiger partial charge in [-0.05, 0) is 36.8 Å². The number of carboxylic acids is 1. The van der Waals surface area contributed by atoms with Gasteiger partial charge in [0.1, 0.15) is 11.5 Å². The van der Waals surface area contributed by atoms with Crippen LogP contribution >= 0.6 is 0 Å². The van der Waals surface area contributed by atoms with Crippen molar-refractivity contribution in [1.29, 1.82) is 0 Å². The second-order valence-corrected chi connectivity index (χ2v) is 4.27. The van der Waals surface area contributed by atoms with E-state index in [1.807, 2.05) is 13.0 Å². The molecule has 2 aromatic rings. The molecule has 0 unspecified atom stereocenters. The van der Waals surface area contributed by atoms with E-state index in [-0.39, 0.29) is 11.6 Å². The zero-order valence-corrected chi connectivity index (χ0v) is 11.3. The molecule has 0 spiro atoms. The van der Waals surface area contributed by atoms with Crippen LogP contribution in [-0.4, -0.2) is 27.0 Å².